The molecule has 2 N–H and O–H groups in total. The number of hydrogen-bond donors (Lipinski definition) is 2. The first-order valence-electron chi connectivity index (χ1n) is 10.3. The van der Waals surface area contributed by atoms with Gasteiger partial charge in [-0.1, -0.05) is 65.9 Å². The van der Waals surface area contributed by atoms with Crippen LogP contribution in [0.5, 0.6) is 0 Å². The number of halogens is 1. The number of nitrogens with zero attached hydrogens (tertiary/aromatic N) is 1. The van der Waals surface area contributed by atoms with E-state index in [0.29, 0.717) is 46.6 Å². The van der Waals surface area contributed by atoms with Crippen molar-refractivity contribution in [3.8, 4) is 0 Å². The third-order valence-electron chi connectivity index (χ3n) is 5.20. The molecule has 0 aliphatic carbocycles. The molecule has 2 heterocycles. The Bertz CT molecular complexity index is 1190. The maximum Gasteiger partial charge on any atom is 0.266 e. The molecule has 3 aromatic rings. The standard InChI is InChI=1S/C24H22ClN3O2S2/c25-18-8-9-20-19(14-18)17(15-27-20)10-11-26-22(29)7-4-12-28-23(30)21(32-24(28)31)13-16-5-2-1-3-6-16/h1-3,5-6,8-9,13-15,27H,4,7,10-12H2,(H,26,29)/b21-13-. The Hall–Kier alpha value is -2.61. The van der Waals surface area contributed by atoms with Crippen LogP contribution >= 0.6 is 35.6 Å². The van der Waals surface area contributed by atoms with Crippen LogP contribution in [0.2, 0.25) is 5.02 Å². The topological polar surface area (TPSA) is 65.2 Å². The Morgan fingerprint density at radius 1 is 1.22 bits per heavy atom. The summed E-state index contributed by atoms with van der Waals surface area (Å²) in [5.41, 5.74) is 3.11. The summed E-state index contributed by atoms with van der Waals surface area (Å²) in [4.78, 5) is 30.3. The molecule has 164 valence electrons. The maximum absolute atomic E-state index is 12.7. The number of rotatable bonds is 8. The molecule has 0 bridgehead atoms. The van der Waals surface area contributed by atoms with Gasteiger partial charge in [0.15, 0.2) is 0 Å². The van der Waals surface area contributed by atoms with Gasteiger partial charge in [0.1, 0.15) is 4.32 Å². The number of H-pyrrole nitrogens is 1. The van der Waals surface area contributed by atoms with Crippen molar-refractivity contribution in [1.82, 2.24) is 15.2 Å². The number of carbonyl (C=O) groups is 2. The van der Waals surface area contributed by atoms with E-state index in [-0.39, 0.29) is 11.8 Å². The van der Waals surface area contributed by atoms with Crippen LogP contribution in [0.1, 0.15) is 24.0 Å². The fraction of sp³-hybridized carbons (Fsp3) is 0.208. The molecule has 1 fully saturated rings. The van der Waals surface area contributed by atoms with Crippen molar-refractivity contribution in [2.75, 3.05) is 13.1 Å². The van der Waals surface area contributed by atoms with E-state index in [0.717, 1.165) is 22.0 Å². The molecular formula is C24H22ClN3O2S2. The summed E-state index contributed by atoms with van der Waals surface area (Å²) in [6.07, 6.45) is 5.41. The summed E-state index contributed by atoms with van der Waals surface area (Å²) in [7, 11) is 0. The van der Waals surface area contributed by atoms with Gasteiger partial charge in [-0.3, -0.25) is 14.5 Å². The van der Waals surface area contributed by atoms with Crippen molar-refractivity contribution in [1.29, 1.82) is 0 Å². The molecule has 5 nitrogen and oxygen atoms in total. The summed E-state index contributed by atoms with van der Waals surface area (Å²) < 4.78 is 0.538. The van der Waals surface area contributed by atoms with E-state index in [1.165, 1.54) is 11.8 Å². The third-order valence-corrected chi connectivity index (χ3v) is 6.82. The quantitative estimate of drug-likeness (QED) is 0.343. The minimum atomic E-state index is -0.0951. The summed E-state index contributed by atoms with van der Waals surface area (Å²) in [6.45, 7) is 0.977. The smallest absolute Gasteiger partial charge is 0.266 e. The van der Waals surface area contributed by atoms with E-state index in [1.807, 2.05) is 60.8 Å². The number of benzene rings is 2. The van der Waals surface area contributed by atoms with E-state index < -0.39 is 0 Å². The van der Waals surface area contributed by atoms with E-state index in [4.69, 9.17) is 23.8 Å². The number of aromatic amines is 1. The lowest BCUT2D eigenvalue weighted by molar-refractivity contribution is -0.123. The zero-order valence-corrected chi connectivity index (χ0v) is 19.7. The zero-order chi connectivity index (χ0) is 22.5. The molecule has 0 saturated carbocycles. The van der Waals surface area contributed by atoms with E-state index in [2.05, 4.69) is 10.3 Å². The van der Waals surface area contributed by atoms with Crippen LogP contribution < -0.4 is 5.32 Å². The molecule has 8 heteroatoms. The van der Waals surface area contributed by atoms with E-state index in [9.17, 15) is 9.59 Å². The minimum Gasteiger partial charge on any atom is -0.361 e. The largest absolute Gasteiger partial charge is 0.361 e. The third kappa shape index (κ3) is 5.41. The van der Waals surface area contributed by atoms with Gasteiger partial charge in [-0.15, -0.1) is 0 Å². The van der Waals surface area contributed by atoms with Crippen molar-refractivity contribution in [3.63, 3.8) is 0 Å². The lowest BCUT2D eigenvalue weighted by atomic mass is 10.1. The molecule has 1 aliphatic heterocycles. The Morgan fingerprint density at radius 3 is 2.84 bits per heavy atom. The van der Waals surface area contributed by atoms with Gasteiger partial charge >= 0.3 is 0 Å². The molecule has 1 aromatic heterocycles. The fourth-order valence-corrected chi connectivity index (χ4v) is 5.05. The molecule has 1 saturated heterocycles. The highest BCUT2D eigenvalue weighted by atomic mass is 35.5. The van der Waals surface area contributed by atoms with Gasteiger partial charge in [-0.25, -0.2) is 0 Å². The summed E-state index contributed by atoms with van der Waals surface area (Å²) in [6, 6.07) is 15.4. The molecule has 32 heavy (non-hydrogen) atoms. The van der Waals surface area contributed by atoms with Crippen LogP contribution in [0, 0.1) is 0 Å². The van der Waals surface area contributed by atoms with Crippen LogP contribution in [-0.2, 0) is 16.0 Å². The second-order valence-electron chi connectivity index (χ2n) is 7.45. The van der Waals surface area contributed by atoms with Crippen molar-refractivity contribution in [3.05, 3.63) is 75.8 Å². The van der Waals surface area contributed by atoms with E-state index >= 15 is 0 Å². The van der Waals surface area contributed by atoms with Gasteiger partial charge in [0.2, 0.25) is 5.91 Å². The highest BCUT2D eigenvalue weighted by Gasteiger charge is 2.31. The Kier molecular flexibility index (Phi) is 7.29. The van der Waals surface area contributed by atoms with Crippen LogP contribution in [0.4, 0.5) is 0 Å². The van der Waals surface area contributed by atoms with Crippen molar-refractivity contribution in [2.24, 2.45) is 0 Å². The number of nitrogens with one attached hydrogen (secondary N) is 2. The van der Waals surface area contributed by atoms with Crippen LogP contribution in [-0.4, -0.2) is 39.1 Å². The number of thiocarbonyl (C=S) groups is 1. The second kappa shape index (κ2) is 10.3. The first-order chi connectivity index (χ1) is 15.5. The first-order valence-corrected chi connectivity index (χ1v) is 11.9. The predicted octanol–water partition coefficient (Wildman–Crippen LogP) is 5.16. The summed E-state index contributed by atoms with van der Waals surface area (Å²) in [5.74, 6) is -0.129. The predicted molar refractivity (Wildman–Crippen MR) is 136 cm³/mol. The van der Waals surface area contributed by atoms with Crippen molar-refractivity contribution >= 4 is 68.7 Å². The Balaban J connectivity index is 1.22. The lowest BCUT2D eigenvalue weighted by Gasteiger charge is -2.14. The monoisotopic (exact) mass is 483 g/mol. The molecule has 1 aliphatic rings. The highest BCUT2D eigenvalue weighted by molar-refractivity contribution is 8.26. The second-order valence-corrected chi connectivity index (χ2v) is 9.56. The number of thioether (sulfide) groups is 1. The summed E-state index contributed by atoms with van der Waals surface area (Å²) in [5, 5.41) is 4.72. The fourth-order valence-electron chi connectivity index (χ4n) is 3.57. The van der Waals surface area contributed by atoms with Crippen molar-refractivity contribution < 1.29 is 9.59 Å². The highest BCUT2D eigenvalue weighted by Crippen LogP contribution is 2.32. The van der Waals surface area contributed by atoms with E-state index in [1.54, 1.807) is 4.90 Å². The van der Waals surface area contributed by atoms with Crippen LogP contribution in [0.25, 0.3) is 17.0 Å². The molecule has 0 atom stereocenters. The molecule has 0 spiro atoms. The Morgan fingerprint density at radius 2 is 2.03 bits per heavy atom. The number of amides is 2. The number of carbonyl (C=O) groups excluding carboxylic acids is 2. The minimum absolute atomic E-state index is 0.0341. The Labute approximate surface area is 201 Å². The maximum atomic E-state index is 12.7. The van der Waals surface area contributed by atoms with Gasteiger partial charge in [0.25, 0.3) is 5.91 Å². The summed E-state index contributed by atoms with van der Waals surface area (Å²) >= 11 is 12.8. The molecule has 0 radical (unpaired) electrons. The van der Waals surface area contributed by atoms with Crippen LogP contribution in [0.15, 0.2) is 59.6 Å². The average molecular weight is 484 g/mol. The molecule has 0 unspecified atom stereocenters. The van der Waals surface area contributed by atoms with Crippen molar-refractivity contribution in [2.45, 2.75) is 19.3 Å². The average Bonchev–Trinajstić information content (AvgIpc) is 3.29. The van der Waals surface area contributed by atoms with Gasteiger partial charge < -0.3 is 10.3 Å². The van der Waals surface area contributed by atoms with Gasteiger partial charge in [0, 0.05) is 41.6 Å². The number of hydrogen-bond acceptors (Lipinski definition) is 4. The molecular weight excluding hydrogens is 462 g/mol. The van der Waals surface area contributed by atoms with Gasteiger partial charge in [-0.05, 0) is 48.2 Å². The number of fused-ring (bicyclic) bond motifs is 1. The first kappa shape index (κ1) is 22.6. The zero-order valence-electron chi connectivity index (χ0n) is 17.3. The lowest BCUT2D eigenvalue weighted by Crippen LogP contribution is -2.31. The molecule has 2 amide bonds. The molecule has 2 aromatic carbocycles. The van der Waals surface area contributed by atoms with Crippen LogP contribution in [0.3, 0.4) is 0 Å². The molecule has 4 rings (SSSR count). The normalized spacial score (nSPS) is 15.2. The van der Waals surface area contributed by atoms with Gasteiger partial charge in [0.05, 0.1) is 4.91 Å². The SMILES string of the molecule is O=C(CCCN1C(=O)/C(=C/c2ccccc2)SC1=S)NCCc1c[nH]c2ccc(Cl)cc12. The number of aromatic nitrogens is 1. The van der Waals surface area contributed by atoms with Gasteiger partial charge in [-0.2, -0.15) is 0 Å².